The van der Waals surface area contributed by atoms with Gasteiger partial charge in [0, 0.05) is 24.1 Å². The Kier molecular flexibility index (Phi) is 5.22. The van der Waals surface area contributed by atoms with Gasteiger partial charge in [-0.3, -0.25) is 4.79 Å². The molecule has 0 spiro atoms. The van der Waals surface area contributed by atoms with Crippen LogP contribution in [0.25, 0.3) is 10.2 Å². The summed E-state index contributed by atoms with van der Waals surface area (Å²) >= 11 is 3.27. The summed E-state index contributed by atoms with van der Waals surface area (Å²) in [5.41, 5.74) is 1.96. The molecular weight excluding hydrogens is 380 g/mol. The van der Waals surface area contributed by atoms with Crippen LogP contribution in [0.5, 0.6) is 11.5 Å². The summed E-state index contributed by atoms with van der Waals surface area (Å²) in [5, 5.41) is 0. The number of hydrogen-bond acceptors (Lipinski definition) is 5. The molecule has 1 aromatic heterocycles. The monoisotopic (exact) mass is 400 g/mol. The number of nitrogens with zero attached hydrogens (tertiary/aromatic N) is 2. The second-order valence-corrected chi connectivity index (χ2v) is 8.51. The second kappa shape index (κ2) is 7.78. The quantitative estimate of drug-likeness (QED) is 0.625. The molecule has 1 aliphatic heterocycles. The smallest absolute Gasteiger partial charge is 0.252 e. The SMILES string of the molecule is CCSc1ccc(CC(=O)N=c2sc3cc4c(cc3n2C)OCCO4)cc1. The number of carbonyl (C=O) groups excluding carboxylic acids is 1. The van der Waals surface area contributed by atoms with E-state index < -0.39 is 0 Å². The highest BCUT2D eigenvalue weighted by molar-refractivity contribution is 7.99. The topological polar surface area (TPSA) is 52.8 Å². The molecule has 0 fully saturated rings. The maximum absolute atomic E-state index is 12.4. The van der Waals surface area contributed by atoms with E-state index in [-0.39, 0.29) is 5.91 Å². The Labute approximate surface area is 165 Å². The third-order valence-corrected chi connectivity index (χ3v) is 6.27. The number of amides is 1. The number of aromatic nitrogens is 1. The lowest BCUT2D eigenvalue weighted by Crippen LogP contribution is -2.16. The molecule has 5 nitrogen and oxygen atoms in total. The number of ether oxygens (including phenoxy) is 2. The molecule has 2 aromatic carbocycles. The standard InChI is InChI=1S/C20H20N2O3S2/c1-3-26-14-6-4-13(5-7-14)10-19(23)21-20-22(2)15-11-16-17(12-18(15)27-20)25-9-8-24-16/h4-7,11-12H,3,8-10H2,1-2H3. The molecule has 1 aliphatic rings. The molecule has 0 bridgehead atoms. The van der Waals surface area contributed by atoms with Crippen molar-refractivity contribution in [2.45, 2.75) is 18.2 Å². The average Bonchev–Trinajstić information content (AvgIpc) is 2.96. The molecule has 0 unspecified atom stereocenters. The first-order chi connectivity index (χ1) is 13.1. The van der Waals surface area contributed by atoms with Crippen molar-refractivity contribution in [3.63, 3.8) is 0 Å². The van der Waals surface area contributed by atoms with E-state index in [1.165, 1.54) is 16.2 Å². The Hall–Kier alpha value is -2.25. The van der Waals surface area contributed by atoms with E-state index in [1.54, 1.807) is 11.8 Å². The maximum atomic E-state index is 12.4. The fraction of sp³-hybridized carbons (Fsp3) is 0.300. The molecular formula is C20H20N2O3S2. The molecule has 3 aromatic rings. The van der Waals surface area contributed by atoms with E-state index in [0.29, 0.717) is 24.4 Å². The van der Waals surface area contributed by atoms with Gasteiger partial charge in [0.25, 0.3) is 5.91 Å². The lowest BCUT2D eigenvalue weighted by Gasteiger charge is -2.18. The zero-order valence-corrected chi connectivity index (χ0v) is 16.9. The first kappa shape index (κ1) is 18.1. The summed E-state index contributed by atoms with van der Waals surface area (Å²) in [6.45, 7) is 3.24. The van der Waals surface area contributed by atoms with Gasteiger partial charge in [-0.1, -0.05) is 30.4 Å². The van der Waals surface area contributed by atoms with Gasteiger partial charge in [-0.15, -0.1) is 11.8 Å². The highest BCUT2D eigenvalue weighted by atomic mass is 32.2. The molecule has 27 heavy (non-hydrogen) atoms. The van der Waals surface area contributed by atoms with E-state index in [2.05, 4.69) is 24.0 Å². The van der Waals surface area contributed by atoms with E-state index in [4.69, 9.17) is 9.47 Å². The van der Waals surface area contributed by atoms with Crippen LogP contribution in [0, 0.1) is 0 Å². The highest BCUT2D eigenvalue weighted by Crippen LogP contribution is 2.35. The van der Waals surface area contributed by atoms with Crippen molar-refractivity contribution in [1.29, 1.82) is 0 Å². The normalized spacial score (nSPS) is 13.9. The van der Waals surface area contributed by atoms with E-state index in [0.717, 1.165) is 33.0 Å². The van der Waals surface area contributed by atoms with Gasteiger partial charge in [0.05, 0.1) is 16.6 Å². The van der Waals surface area contributed by atoms with Gasteiger partial charge in [0.15, 0.2) is 16.3 Å². The van der Waals surface area contributed by atoms with Crippen LogP contribution in [0.3, 0.4) is 0 Å². The van der Waals surface area contributed by atoms with Crippen molar-refractivity contribution in [2.75, 3.05) is 19.0 Å². The van der Waals surface area contributed by atoms with Crippen LogP contribution in [0.1, 0.15) is 12.5 Å². The molecule has 0 saturated carbocycles. The molecule has 0 aliphatic carbocycles. The van der Waals surface area contributed by atoms with E-state index >= 15 is 0 Å². The van der Waals surface area contributed by atoms with Gasteiger partial charge in [0.1, 0.15) is 13.2 Å². The van der Waals surface area contributed by atoms with Gasteiger partial charge in [0.2, 0.25) is 0 Å². The Balaban J connectivity index is 1.59. The minimum absolute atomic E-state index is 0.148. The van der Waals surface area contributed by atoms with Crippen LogP contribution >= 0.6 is 23.1 Å². The van der Waals surface area contributed by atoms with Gasteiger partial charge >= 0.3 is 0 Å². The molecule has 0 saturated heterocycles. The predicted molar refractivity (Wildman–Crippen MR) is 109 cm³/mol. The third-order valence-electron chi connectivity index (χ3n) is 4.28. The summed E-state index contributed by atoms with van der Waals surface area (Å²) in [4.78, 5) is 18.7. The molecule has 0 radical (unpaired) electrons. The lowest BCUT2D eigenvalue weighted by molar-refractivity contribution is -0.117. The minimum Gasteiger partial charge on any atom is -0.486 e. The fourth-order valence-corrected chi connectivity index (χ4v) is 4.67. The summed E-state index contributed by atoms with van der Waals surface area (Å²) in [7, 11) is 1.91. The van der Waals surface area contributed by atoms with Gasteiger partial charge in [-0.05, 0) is 23.4 Å². The molecule has 140 valence electrons. The molecule has 7 heteroatoms. The lowest BCUT2D eigenvalue weighted by atomic mass is 10.1. The molecule has 2 heterocycles. The molecule has 0 N–H and O–H groups in total. The Morgan fingerprint density at radius 2 is 1.89 bits per heavy atom. The van der Waals surface area contributed by atoms with Gasteiger partial charge in [-0.25, -0.2) is 0 Å². The van der Waals surface area contributed by atoms with Crippen LogP contribution in [0.2, 0.25) is 0 Å². The summed E-state index contributed by atoms with van der Waals surface area (Å²) in [6, 6.07) is 12.0. The Bertz CT molecular complexity index is 1050. The number of fused-ring (bicyclic) bond motifs is 2. The number of benzene rings is 2. The number of rotatable bonds is 4. The number of thiazole rings is 1. The summed E-state index contributed by atoms with van der Waals surface area (Å²) < 4.78 is 14.2. The maximum Gasteiger partial charge on any atom is 0.252 e. The van der Waals surface area contributed by atoms with Crippen molar-refractivity contribution in [1.82, 2.24) is 4.57 Å². The molecule has 1 amide bonds. The highest BCUT2D eigenvalue weighted by Gasteiger charge is 2.15. The van der Waals surface area contributed by atoms with Crippen LogP contribution < -0.4 is 14.3 Å². The number of hydrogen-bond donors (Lipinski definition) is 0. The van der Waals surface area contributed by atoms with Crippen molar-refractivity contribution in [3.8, 4) is 11.5 Å². The molecule has 0 atom stereocenters. The Morgan fingerprint density at radius 1 is 1.19 bits per heavy atom. The van der Waals surface area contributed by atoms with Crippen molar-refractivity contribution >= 4 is 39.2 Å². The summed E-state index contributed by atoms with van der Waals surface area (Å²) in [6.07, 6.45) is 0.300. The zero-order valence-electron chi connectivity index (χ0n) is 15.2. The van der Waals surface area contributed by atoms with Crippen molar-refractivity contribution < 1.29 is 14.3 Å². The minimum atomic E-state index is -0.148. The fourth-order valence-electron chi connectivity index (χ4n) is 2.96. The van der Waals surface area contributed by atoms with Crippen molar-refractivity contribution in [3.05, 3.63) is 46.8 Å². The number of thioether (sulfide) groups is 1. The van der Waals surface area contributed by atoms with Gasteiger partial charge < -0.3 is 14.0 Å². The van der Waals surface area contributed by atoms with E-state index in [1.807, 2.05) is 35.9 Å². The van der Waals surface area contributed by atoms with E-state index in [9.17, 15) is 4.79 Å². The first-order valence-electron chi connectivity index (χ1n) is 8.82. The average molecular weight is 401 g/mol. The number of aryl methyl sites for hydroxylation is 1. The summed E-state index contributed by atoms with van der Waals surface area (Å²) in [5.74, 6) is 2.38. The third kappa shape index (κ3) is 3.89. The first-order valence-corrected chi connectivity index (χ1v) is 10.6. The van der Waals surface area contributed by atoms with Crippen LogP contribution in [0.15, 0.2) is 46.3 Å². The predicted octanol–water partition coefficient (Wildman–Crippen LogP) is 3.79. The van der Waals surface area contributed by atoms with Crippen molar-refractivity contribution in [2.24, 2.45) is 12.0 Å². The molecule has 4 rings (SSSR count). The van der Waals surface area contributed by atoms with Crippen LogP contribution in [-0.4, -0.2) is 29.4 Å². The van der Waals surface area contributed by atoms with Gasteiger partial charge in [-0.2, -0.15) is 4.99 Å². The largest absolute Gasteiger partial charge is 0.486 e. The van der Waals surface area contributed by atoms with Crippen LogP contribution in [-0.2, 0) is 18.3 Å². The zero-order chi connectivity index (χ0) is 18.8. The number of carbonyl (C=O) groups is 1. The Morgan fingerprint density at radius 3 is 2.59 bits per heavy atom. The second-order valence-electron chi connectivity index (χ2n) is 6.17. The van der Waals surface area contributed by atoms with Crippen LogP contribution in [0.4, 0.5) is 0 Å².